The number of alkyl halides is 6. The molecule has 0 radical (unpaired) electrons. The van der Waals surface area contributed by atoms with Crippen molar-refractivity contribution in [2.75, 3.05) is 5.32 Å². The van der Waals surface area contributed by atoms with Gasteiger partial charge in [0, 0.05) is 23.2 Å². The quantitative estimate of drug-likeness (QED) is 0.437. The van der Waals surface area contributed by atoms with E-state index in [4.69, 9.17) is 0 Å². The van der Waals surface area contributed by atoms with Crippen LogP contribution in [0.3, 0.4) is 0 Å². The number of aromatic amines is 1. The van der Waals surface area contributed by atoms with Gasteiger partial charge in [-0.25, -0.2) is 9.67 Å². The largest absolute Gasteiger partial charge is 0.434 e. The Kier molecular flexibility index (Phi) is 5.18. The summed E-state index contributed by atoms with van der Waals surface area (Å²) in [5.74, 6) is -1.95. The Labute approximate surface area is 179 Å². The molecular formula is C20H11F6N5O2. The topological polar surface area (TPSA) is 92.7 Å². The highest BCUT2D eigenvalue weighted by Crippen LogP contribution is 2.35. The molecule has 7 nitrogen and oxygen atoms in total. The molecule has 0 unspecified atom stereocenters. The Hall–Kier alpha value is -4.16. The summed E-state index contributed by atoms with van der Waals surface area (Å²) in [4.78, 5) is 30.5. The van der Waals surface area contributed by atoms with Crippen LogP contribution in [0.2, 0.25) is 0 Å². The number of pyridine rings is 2. The lowest BCUT2D eigenvalue weighted by Gasteiger charge is -2.14. The van der Waals surface area contributed by atoms with Crippen LogP contribution in [-0.2, 0) is 12.4 Å². The molecule has 0 saturated carbocycles. The van der Waals surface area contributed by atoms with Crippen molar-refractivity contribution in [1.82, 2.24) is 19.7 Å². The van der Waals surface area contributed by atoms with E-state index in [1.54, 1.807) is 0 Å². The Morgan fingerprint density at radius 3 is 2.45 bits per heavy atom. The number of carbonyl (C=O) groups excluding carboxylic acids is 1. The van der Waals surface area contributed by atoms with Crippen molar-refractivity contribution in [3.05, 3.63) is 82.2 Å². The fraction of sp³-hybridized carbons (Fsp3) is 0.100. The first-order valence-electron chi connectivity index (χ1n) is 9.07. The molecule has 170 valence electrons. The Bertz CT molecular complexity index is 1420. The smallest absolute Gasteiger partial charge is 0.329 e. The van der Waals surface area contributed by atoms with E-state index in [1.807, 2.05) is 5.32 Å². The number of halogens is 6. The fourth-order valence-corrected chi connectivity index (χ4v) is 3.22. The first kappa shape index (κ1) is 22.0. The van der Waals surface area contributed by atoms with Gasteiger partial charge in [0.15, 0.2) is 5.69 Å². The SMILES string of the molecule is O=C(Nc1cc(C(F)(F)F)ccn1)c1cnn(-c2cccc3c(=O)[nH]ccc23)c1C(F)(F)F. The summed E-state index contributed by atoms with van der Waals surface area (Å²) in [6, 6.07) is 6.55. The van der Waals surface area contributed by atoms with Gasteiger partial charge < -0.3 is 10.3 Å². The van der Waals surface area contributed by atoms with Gasteiger partial charge in [0.1, 0.15) is 5.82 Å². The minimum atomic E-state index is -5.08. The number of benzene rings is 1. The molecular weight excluding hydrogens is 456 g/mol. The van der Waals surface area contributed by atoms with E-state index in [-0.39, 0.29) is 16.5 Å². The predicted octanol–water partition coefficient (Wildman–Crippen LogP) is 4.40. The third-order valence-corrected chi connectivity index (χ3v) is 4.63. The molecule has 0 atom stereocenters. The molecule has 0 saturated heterocycles. The molecule has 3 heterocycles. The molecule has 0 aliphatic rings. The number of nitrogens with zero attached hydrogens (tertiary/aromatic N) is 3. The van der Waals surface area contributed by atoms with Gasteiger partial charge in [-0.05, 0) is 30.3 Å². The van der Waals surface area contributed by atoms with Crippen molar-refractivity contribution in [2.24, 2.45) is 0 Å². The lowest BCUT2D eigenvalue weighted by molar-refractivity contribution is -0.143. The molecule has 1 aromatic carbocycles. The molecule has 0 aliphatic heterocycles. The number of hydrogen-bond acceptors (Lipinski definition) is 4. The number of H-pyrrole nitrogens is 1. The van der Waals surface area contributed by atoms with Crippen molar-refractivity contribution in [3.63, 3.8) is 0 Å². The highest BCUT2D eigenvalue weighted by molar-refractivity contribution is 6.05. The molecule has 4 aromatic rings. The Morgan fingerprint density at radius 1 is 1.00 bits per heavy atom. The second kappa shape index (κ2) is 7.76. The summed E-state index contributed by atoms with van der Waals surface area (Å²) in [5.41, 5.74) is -4.21. The fourth-order valence-electron chi connectivity index (χ4n) is 3.22. The molecule has 4 rings (SSSR count). The van der Waals surface area contributed by atoms with E-state index in [9.17, 15) is 35.9 Å². The second-order valence-corrected chi connectivity index (χ2v) is 6.74. The lowest BCUT2D eigenvalue weighted by Crippen LogP contribution is -2.21. The minimum absolute atomic E-state index is 0.0952. The van der Waals surface area contributed by atoms with Gasteiger partial charge in [-0.2, -0.15) is 31.4 Å². The first-order valence-corrected chi connectivity index (χ1v) is 9.07. The van der Waals surface area contributed by atoms with E-state index >= 15 is 0 Å². The van der Waals surface area contributed by atoms with Crippen LogP contribution in [0.25, 0.3) is 16.5 Å². The summed E-state index contributed by atoms with van der Waals surface area (Å²) in [7, 11) is 0. The van der Waals surface area contributed by atoms with Crippen LogP contribution in [0.1, 0.15) is 21.6 Å². The van der Waals surface area contributed by atoms with E-state index < -0.39 is 46.5 Å². The monoisotopic (exact) mass is 467 g/mol. The van der Waals surface area contributed by atoms with Gasteiger partial charge in [0.05, 0.1) is 23.0 Å². The number of aromatic nitrogens is 4. The molecule has 0 bridgehead atoms. The van der Waals surface area contributed by atoms with Crippen LogP contribution < -0.4 is 10.9 Å². The predicted molar refractivity (Wildman–Crippen MR) is 104 cm³/mol. The molecule has 2 N–H and O–H groups in total. The molecule has 0 aliphatic carbocycles. The summed E-state index contributed by atoms with van der Waals surface area (Å²) >= 11 is 0. The van der Waals surface area contributed by atoms with Crippen molar-refractivity contribution in [3.8, 4) is 5.69 Å². The Morgan fingerprint density at radius 2 is 1.76 bits per heavy atom. The number of hydrogen-bond donors (Lipinski definition) is 2. The number of carbonyl (C=O) groups is 1. The maximum Gasteiger partial charge on any atom is 0.434 e. The zero-order chi connectivity index (χ0) is 24.0. The second-order valence-electron chi connectivity index (χ2n) is 6.74. The van der Waals surface area contributed by atoms with E-state index in [1.165, 1.54) is 30.5 Å². The number of amides is 1. The van der Waals surface area contributed by atoms with Crippen molar-refractivity contribution in [1.29, 1.82) is 0 Å². The normalized spacial score (nSPS) is 12.2. The van der Waals surface area contributed by atoms with Gasteiger partial charge in [0.25, 0.3) is 11.5 Å². The van der Waals surface area contributed by atoms with Gasteiger partial charge in [-0.15, -0.1) is 0 Å². The minimum Gasteiger partial charge on any atom is -0.329 e. The first-order chi connectivity index (χ1) is 15.5. The van der Waals surface area contributed by atoms with E-state index in [2.05, 4.69) is 15.1 Å². The molecule has 3 aromatic heterocycles. The Balaban J connectivity index is 1.81. The number of anilines is 1. The van der Waals surface area contributed by atoms with Crippen LogP contribution in [0.15, 0.2) is 59.8 Å². The maximum atomic E-state index is 14.0. The van der Waals surface area contributed by atoms with Crippen molar-refractivity contribution < 1.29 is 31.1 Å². The maximum absolute atomic E-state index is 14.0. The highest BCUT2D eigenvalue weighted by atomic mass is 19.4. The van der Waals surface area contributed by atoms with Crippen LogP contribution in [0.4, 0.5) is 32.2 Å². The molecule has 33 heavy (non-hydrogen) atoms. The third-order valence-electron chi connectivity index (χ3n) is 4.63. The van der Waals surface area contributed by atoms with Crippen LogP contribution >= 0.6 is 0 Å². The standard InChI is InChI=1S/C20H11F6N5O2/c21-19(22,23)10-4-6-27-15(8-10)30-18(33)13-9-29-31(16(13)20(24,25)26)14-3-1-2-12-11(14)5-7-28-17(12)32/h1-9H,(H,28,32)(H,27,30,33). The van der Waals surface area contributed by atoms with Crippen molar-refractivity contribution >= 4 is 22.5 Å². The number of rotatable bonds is 3. The van der Waals surface area contributed by atoms with Crippen LogP contribution in [0, 0.1) is 0 Å². The van der Waals surface area contributed by atoms with Gasteiger partial charge >= 0.3 is 12.4 Å². The van der Waals surface area contributed by atoms with Crippen LogP contribution in [0.5, 0.6) is 0 Å². The van der Waals surface area contributed by atoms with Gasteiger partial charge in [0.2, 0.25) is 0 Å². The molecule has 0 spiro atoms. The van der Waals surface area contributed by atoms with Crippen molar-refractivity contribution in [2.45, 2.75) is 12.4 Å². The molecule has 13 heteroatoms. The third kappa shape index (κ3) is 4.16. The molecule has 1 amide bonds. The van der Waals surface area contributed by atoms with Gasteiger partial charge in [-0.1, -0.05) is 6.07 Å². The summed E-state index contributed by atoms with van der Waals surface area (Å²) in [6.45, 7) is 0. The number of fused-ring (bicyclic) bond motifs is 1. The van der Waals surface area contributed by atoms with E-state index in [0.29, 0.717) is 23.0 Å². The molecule has 0 fully saturated rings. The van der Waals surface area contributed by atoms with Gasteiger partial charge in [-0.3, -0.25) is 9.59 Å². The average molecular weight is 467 g/mol. The zero-order valence-electron chi connectivity index (χ0n) is 16.1. The zero-order valence-corrected chi connectivity index (χ0v) is 16.1. The van der Waals surface area contributed by atoms with Crippen LogP contribution in [-0.4, -0.2) is 25.7 Å². The summed E-state index contributed by atoms with van der Waals surface area (Å²) in [5, 5.41) is 5.85. The lowest BCUT2D eigenvalue weighted by atomic mass is 10.1. The highest BCUT2D eigenvalue weighted by Gasteiger charge is 2.41. The average Bonchev–Trinajstić information content (AvgIpc) is 3.19. The number of nitrogens with one attached hydrogen (secondary N) is 2. The summed E-state index contributed by atoms with van der Waals surface area (Å²) < 4.78 is 80.9. The van der Waals surface area contributed by atoms with E-state index in [0.717, 1.165) is 6.20 Å². The summed E-state index contributed by atoms with van der Waals surface area (Å²) in [6.07, 6.45) is -7.17.